The number of carbonyl (C=O) groups excluding carboxylic acids is 1. The molecule has 0 aromatic heterocycles. The number of halogens is 2. The van der Waals surface area contributed by atoms with Crippen LogP contribution in [-0.2, 0) is 6.61 Å². The fraction of sp³-hybridized carbons (Fsp3) is 0.174. The maximum atomic E-state index is 12.7. The first-order valence-electron chi connectivity index (χ1n) is 9.18. The van der Waals surface area contributed by atoms with Gasteiger partial charge in [0.15, 0.2) is 0 Å². The van der Waals surface area contributed by atoms with Crippen molar-refractivity contribution in [3.05, 3.63) is 87.4 Å². The van der Waals surface area contributed by atoms with E-state index < -0.39 is 0 Å². The molecule has 0 atom stereocenters. The summed E-state index contributed by atoms with van der Waals surface area (Å²) in [5.74, 6) is 1.20. The minimum absolute atomic E-state index is 0.275. The fourth-order valence-electron chi connectivity index (χ4n) is 2.83. The first kappa shape index (κ1) is 21.0. The summed E-state index contributed by atoms with van der Waals surface area (Å²) in [6.45, 7) is 4.70. The van der Waals surface area contributed by atoms with Crippen molar-refractivity contribution in [2.75, 3.05) is 11.9 Å². The predicted octanol–water partition coefficient (Wildman–Crippen LogP) is 6.53. The Kier molecular flexibility index (Phi) is 7.02. The second kappa shape index (κ2) is 9.68. The molecule has 0 radical (unpaired) electrons. The zero-order chi connectivity index (χ0) is 20.8. The Labute approximate surface area is 180 Å². The van der Waals surface area contributed by atoms with E-state index in [0.717, 1.165) is 16.9 Å². The summed E-state index contributed by atoms with van der Waals surface area (Å²) in [7, 11) is 0. The van der Waals surface area contributed by atoms with Gasteiger partial charge < -0.3 is 14.8 Å². The van der Waals surface area contributed by atoms with Crippen molar-refractivity contribution in [2.45, 2.75) is 20.5 Å². The highest BCUT2D eigenvalue weighted by Crippen LogP contribution is 2.26. The van der Waals surface area contributed by atoms with E-state index in [0.29, 0.717) is 33.7 Å². The summed E-state index contributed by atoms with van der Waals surface area (Å²) in [6, 6.07) is 17.9. The van der Waals surface area contributed by atoms with Gasteiger partial charge in [0, 0.05) is 26.9 Å². The third-order valence-corrected chi connectivity index (χ3v) is 4.66. The van der Waals surface area contributed by atoms with Gasteiger partial charge in [0.05, 0.1) is 6.61 Å². The molecule has 29 heavy (non-hydrogen) atoms. The number of hydrogen-bond donors (Lipinski definition) is 1. The van der Waals surface area contributed by atoms with E-state index in [9.17, 15) is 4.79 Å². The van der Waals surface area contributed by atoms with Crippen molar-refractivity contribution in [1.82, 2.24) is 0 Å². The average Bonchev–Trinajstić information content (AvgIpc) is 2.67. The van der Waals surface area contributed by atoms with E-state index in [2.05, 4.69) is 5.32 Å². The lowest BCUT2D eigenvalue weighted by Gasteiger charge is -2.14. The highest BCUT2D eigenvalue weighted by molar-refractivity contribution is 6.35. The van der Waals surface area contributed by atoms with Crippen molar-refractivity contribution in [2.24, 2.45) is 0 Å². The summed E-state index contributed by atoms with van der Waals surface area (Å²) in [6.07, 6.45) is 0. The van der Waals surface area contributed by atoms with Crippen LogP contribution in [-0.4, -0.2) is 12.5 Å². The molecule has 4 nitrogen and oxygen atoms in total. The standard InChI is InChI=1S/C23H21Cl2NO3/c1-3-28-22-9-8-16(23(27)26-20-12-18(24)11-19(25)13-20)10-17(22)14-29-21-7-5-4-6-15(21)2/h4-13H,3,14H2,1-2H3,(H,26,27). The molecule has 1 N–H and O–H groups in total. The molecule has 3 aromatic rings. The number of para-hydroxylation sites is 1. The summed E-state index contributed by atoms with van der Waals surface area (Å²) in [4.78, 5) is 12.7. The molecule has 0 aliphatic heterocycles. The number of amides is 1. The van der Waals surface area contributed by atoms with Crippen LogP contribution in [0.3, 0.4) is 0 Å². The second-order valence-corrected chi connectivity index (χ2v) is 7.29. The van der Waals surface area contributed by atoms with E-state index in [1.54, 1.807) is 36.4 Å². The number of rotatable bonds is 7. The van der Waals surface area contributed by atoms with Crippen LogP contribution in [0.15, 0.2) is 60.7 Å². The van der Waals surface area contributed by atoms with Crippen LogP contribution < -0.4 is 14.8 Å². The summed E-state index contributed by atoms with van der Waals surface area (Å²) in [5, 5.41) is 3.71. The van der Waals surface area contributed by atoms with E-state index >= 15 is 0 Å². The van der Waals surface area contributed by atoms with Crippen LogP contribution in [0.2, 0.25) is 10.0 Å². The van der Waals surface area contributed by atoms with Crippen molar-refractivity contribution in [1.29, 1.82) is 0 Å². The van der Waals surface area contributed by atoms with Gasteiger partial charge in [-0.3, -0.25) is 4.79 Å². The predicted molar refractivity (Wildman–Crippen MR) is 118 cm³/mol. The largest absolute Gasteiger partial charge is 0.493 e. The molecule has 3 rings (SSSR count). The van der Waals surface area contributed by atoms with Crippen LogP contribution in [0.5, 0.6) is 11.5 Å². The highest BCUT2D eigenvalue weighted by Gasteiger charge is 2.13. The van der Waals surface area contributed by atoms with Gasteiger partial charge in [0.25, 0.3) is 5.91 Å². The minimum Gasteiger partial charge on any atom is -0.493 e. The van der Waals surface area contributed by atoms with Crippen LogP contribution in [0.4, 0.5) is 5.69 Å². The monoisotopic (exact) mass is 429 g/mol. The number of ether oxygens (including phenoxy) is 2. The molecular formula is C23H21Cl2NO3. The molecule has 6 heteroatoms. The van der Waals surface area contributed by atoms with E-state index in [4.69, 9.17) is 32.7 Å². The van der Waals surface area contributed by atoms with E-state index in [-0.39, 0.29) is 12.5 Å². The van der Waals surface area contributed by atoms with Crippen LogP contribution in [0, 0.1) is 6.92 Å². The summed E-state index contributed by atoms with van der Waals surface area (Å²) in [5.41, 5.74) is 2.83. The van der Waals surface area contributed by atoms with Crippen molar-refractivity contribution in [3.8, 4) is 11.5 Å². The first-order valence-corrected chi connectivity index (χ1v) is 9.93. The molecular weight excluding hydrogens is 409 g/mol. The second-order valence-electron chi connectivity index (χ2n) is 6.42. The Morgan fingerprint density at radius 3 is 2.34 bits per heavy atom. The molecule has 0 saturated carbocycles. The van der Waals surface area contributed by atoms with Gasteiger partial charge in [-0.25, -0.2) is 0 Å². The maximum absolute atomic E-state index is 12.7. The van der Waals surface area contributed by atoms with Gasteiger partial charge in [-0.05, 0) is 61.9 Å². The molecule has 0 fully saturated rings. The molecule has 0 unspecified atom stereocenters. The van der Waals surface area contributed by atoms with Gasteiger partial charge in [-0.1, -0.05) is 41.4 Å². The number of nitrogens with one attached hydrogen (secondary N) is 1. The molecule has 0 saturated heterocycles. The van der Waals surface area contributed by atoms with Crippen LogP contribution >= 0.6 is 23.2 Å². The molecule has 0 bridgehead atoms. The molecule has 0 aliphatic carbocycles. The summed E-state index contributed by atoms with van der Waals surface area (Å²) < 4.78 is 11.6. The third kappa shape index (κ3) is 5.66. The van der Waals surface area contributed by atoms with Crippen molar-refractivity contribution >= 4 is 34.8 Å². The number of benzene rings is 3. The zero-order valence-electron chi connectivity index (χ0n) is 16.2. The Bertz CT molecular complexity index is 1000. The first-order chi connectivity index (χ1) is 14.0. The lowest BCUT2D eigenvalue weighted by atomic mass is 10.1. The van der Waals surface area contributed by atoms with Gasteiger partial charge in [-0.15, -0.1) is 0 Å². The lowest BCUT2D eigenvalue weighted by molar-refractivity contribution is 0.102. The maximum Gasteiger partial charge on any atom is 0.255 e. The number of carbonyl (C=O) groups is 1. The molecule has 3 aromatic carbocycles. The molecule has 0 heterocycles. The van der Waals surface area contributed by atoms with Crippen LogP contribution in [0.25, 0.3) is 0 Å². The minimum atomic E-state index is -0.275. The Balaban J connectivity index is 1.81. The Morgan fingerprint density at radius 1 is 0.931 bits per heavy atom. The van der Waals surface area contributed by atoms with Gasteiger partial charge >= 0.3 is 0 Å². The third-order valence-electron chi connectivity index (χ3n) is 4.22. The van der Waals surface area contributed by atoms with Gasteiger partial charge in [0.2, 0.25) is 0 Å². The van der Waals surface area contributed by atoms with E-state index in [1.807, 2.05) is 38.1 Å². The van der Waals surface area contributed by atoms with E-state index in [1.165, 1.54) is 0 Å². The van der Waals surface area contributed by atoms with Gasteiger partial charge in [0.1, 0.15) is 18.1 Å². The average molecular weight is 430 g/mol. The fourth-order valence-corrected chi connectivity index (χ4v) is 3.36. The zero-order valence-corrected chi connectivity index (χ0v) is 17.7. The van der Waals surface area contributed by atoms with Crippen molar-refractivity contribution < 1.29 is 14.3 Å². The molecule has 1 amide bonds. The molecule has 0 spiro atoms. The number of anilines is 1. The molecule has 150 valence electrons. The molecule has 0 aliphatic rings. The van der Waals surface area contributed by atoms with Gasteiger partial charge in [-0.2, -0.15) is 0 Å². The number of aryl methyl sites for hydroxylation is 1. The van der Waals surface area contributed by atoms with Crippen LogP contribution in [0.1, 0.15) is 28.4 Å². The highest BCUT2D eigenvalue weighted by atomic mass is 35.5. The smallest absolute Gasteiger partial charge is 0.255 e. The SMILES string of the molecule is CCOc1ccc(C(=O)Nc2cc(Cl)cc(Cl)c2)cc1COc1ccccc1C. The lowest BCUT2D eigenvalue weighted by Crippen LogP contribution is -2.13. The van der Waals surface area contributed by atoms with Crippen molar-refractivity contribution in [3.63, 3.8) is 0 Å². The Morgan fingerprint density at radius 2 is 1.66 bits per heavy atom. The number of hydrogen-bond acceptors (Lipinski definition) is 3. The quantitative estimate of drug-likeness (QED) is 0.464. The Hall–Kier alpha value is -2.69. The summed E-state index contributed by atoms with van der Waals surface area (Å²) >= 11 is 12.0. The topological polar surface area (TPSA) is 47.6 Å². The normalized spacial score (nSPS) is 10.5.